The molecule has 0 N–H and O–H groups in total. The highest BCUT2D eigenvalue weighted by atomic mass is 32.1. The molecule has 0 fully saturated rings. The lowest BCUT2D eigenvalue weighted by molar-refractivity contribution is 0.861. The molecule has 2 nitrogen and oxygen atoms in total. The van der Waals surface area contributed by atoms with Crippen molar-refractivity contribution in [3.8, 4) is 11.3 Å². The summed E-state index contributed by atoms with van der Waals surface area (Å²) in [7, 11) is 0. The molecule has 72 valence electrons. The number of hydrogen-bond donors (Lipinski definition) is 0. The van der Waals surface area contributed by atoms with Gasteiger partial charge in [0.15, 0.2) is 0 Å². The summed E-state index contributed by atoms with van der Waals surface area (Å²) in [6.07, 6.45) is 3.71. The van der Waals surface area contributed by atoms with Gasteiger partial charge in [-0.15, -0.1) is 0 Å². The van der Waals surface area contributed by atoms with Crippen LogP contribution in [0.5, 0.6) is 0 Å². The van der Waals surface area contributed by atoms with Crippen LogP contribution in [0.2, 0.25) is 0 Å². The van der Waals surface area contributed by atoms with Gasteiger partial charge in [0.25, 0.3) is 0 Å². The number of hydrogen-bond acceptors (Lipinski definition) is 3. The summed E-state index contributed by atoms with van der Waals surface area (Å²) in [6, 6.07) is 4.11. The van der Waals surface area contributed by atoms with E-state index >= 15 is 0 Å². The van der Waals surface area contributed by atoms with Crippen LogP contribution in [0.3, 0.4) is 0 Å². The Kier molecular flexibility index (Phi) is 2.59. The smallest absolute Gasteiger partial charge is 0.0761 e. The molecule has 0 saturated heterocycles. The molecule has 0 aliphatic heterocycles. The zero-order valence-corrected chi connectivity index (χ0v) is 9.08. The molecule has 0 aliphatic carbocycles. The van der Waals surface area contributed by atoms with E-state index in [0.717, 1.165) is 11.3 Å². The Morgan fingerprint density at radius 2 is 2.21 bits per heavy atom. The zero-order chi connectivity index (χ0) is 9.97. The SMILES string of the molecule is CC(C)c1cccnc1-c1cnsc1. The van der Waals surface area contributed by atoms with Gasteiger partial charge in [0.1, 0.15) is 0 Å². The summed E-state index contributed by atoms with van der Waals surface area (Å²) in [5.41, 5.74) is 3.48. The zero-order valence-electron chi connectivity index (χ0n) is 8.27. The Labute approximate surface area is 87.8 Å². The van der Waals surface area contributed by atoms with Crippen LogP contribution in [0.1, 0.15) is 25.3 Å². The maximum Gasteiger partial charge on any atom is 0.0761 e. The predicted molar refractivity (Wildman–Crippen MR) is 59.4 cm³/mol. The van der Waals surface area contributed by atoms with Crippen molar-refractivity contribution in [2.45, 2.75) is 19.8 Å². The minimum Gasteiger partial charge on any atom is -0.256 e. The van der Waals surface area contributed by atoms with Gasteiger partial charge in [0, 0.05) is 17.1 Å². The van der Waals surface area contributed by atoms with E-state index in [4.69, 9.17) is 0 Å². The van der Waals surface area contributed by atoms with Crippen LogP contribution in [-0.4, -0.2) is 9.36 Å². The summed E-state index contributed by atoms with van der Waals surface area (Å²) in [6.45, 7) is 4.36. The average Bonchev–Trinajstić information content (AvgIpc) is 2.70. The number of pyridine rings is 1. The van der Waals surface area contributed by atoms with Gasteiger partial charge in [-0.2, -0.15) is 0 Å². The standard InChI is InChI=1S/C11H12N2S/c1-8(2)10-4-3-5-12-11(10)9-6-13-14-7-9/h3-8H,1-2H3. The fraction of sp³-hybridized carbons (Fsp3) is 0.273. The molecular weight excluding hydrogens is 192 g/mol. The normalized spacial score (nSPS) is 10.8. The minimum atomic E-state index is 0.499. The van der Waals surface area contributed by atoms with E-state index in [1.165, 1.54) is 17.1 Å². The van der Waals surface area contributed by atoms with Crippen LogP contribution < -0.4 is 0 Å². The van der Waals surface area contributed by atoms with Crippen LogP contribution >= 0.6 is 11.5 Å². The quantitative estimate of drug-likeness (QED) is 0.750. The second-order valence-corrected chi connectivity index (χ2v) is 4.17. The van der Waals surface area contributed by atoms with Crippen molar-refractivity contribution in [1.82, 2.24) is 9.36 Å². The van der Waals surface area contributed by atoms with Crippen LogP contribution in [-0.2, 0) is 0 Å². The molecule has 0 radical (unpaired) electrons. The monoisotopic (exact) mass is 204 g/mol. The van der Waals surface area contributed by atoms with E-state index in [9.17, 15) is 0 Å². The van der Waals surface area contributed by atoms with Crippen molar-refractivity contribution in [2.24, 2.45) is 0 Å². The molecule has 2 rings (SSSR count). The molecule has 2 aromatic heterocycles. The van der Waals surface area contributed by atoms with E-state index in [1.54, 1.807) is 0 Å². The van der Waals surface area contributed by atoms with Gasteiger partial charge in [-0.05, 0) is 29.1 Å². The maximum atomic E-state index is 4.41. The molecule has 14 heavy (non-hydrogen) atoms. The van der Waals surface area contributed by atoms with Gasteiger partial charge in [0.2, 0.25) is 0 Å². The molecule has 0 atom stereocenters. The van der Waals surface area contributed by atoms with Crippen molar-refractivity contribution in [3.63, 3.8) is 0 Å². The van der Waals surface area contributed by atoms with Gasteiger partial charge in [-0.25, -0.2) is 4.37 Å². The third-order valence-electron chi connectivity index (χ3n) is 2.17. The predicted octanol–water partition coefficient (Wildman–Crippen LogP) is 3.33. The Bertz CT molecular complexity index is 407. The van der Waals surface area contributed by atoms with E-state index in [0.29, 0.717) is 5.92 Å². The van der Waals surface area contributed by atoms with Crippen molar-refractivity contribution in [2.75, 3.05) is 0 Å². The van der Waals surface area contributed by atoms with Crippen LogP contribution in [0.4, 0.5) is 0 Å². The molecule has 0 bridgehead atoms. The first-order chi connectivity index (χ1) is 6.79. The third-order valence-corrected chi connectivity index (χ3v) is 2.75. The minimum absolute atomic E-state index is 0.499. The number of aromatic nitrogens is 2. The lowest BCUT2D eigenvalue weighted by atomic mass is 9.99. The Morgan fingerprint density at radius 1 is 1.36 bits per heavy atom. The van der Waals surface area contributed by atoms with Crippen molar-refractivity contribution >= 4 is 11.5 Å². The number of nitrogens with zero attached hydrogens (tertiary/aromatic N) is 2. The lowest BCUT2D eigenvalue weighted by Crippen LogP contribution is -1.93. The largest absolute Gasteiger partial charge is 0.256 e. The van der Waals surface area contributed by atoms with E-state index in [-0.39, 0.29) is 0 Å². The lowest BCUT2D eigenvalue weighted by Gasteiger charge is -2.09. The highest BCUT2D eigenvalue weighted by molar-refractivity contribution is 7.03. The molecule has 0 aliphatic rings. The molecule has 2 aromatic rings. The molecule has 0 spiro atoms. The molecule has 0 saturated carbocycles. The highest BCUT2D eigenvalue weighted by Gasteiger charge is 2.09. The molecule has 0 amide bonds. The first-order valence-corrected chi connectivity index (χ1v) is 5.47. The Balaban J connectivity index is 2.53. The van der Waals surface area contributed by atoms with Crippen molar-refractivity contribution in [1.29, 1.82) is 0 Å². The highest BCUT2D eigenvalue weighted by Crippen LogP contribution is 2.27. The van der Waals surface area contributed by atoms with Gasteiger partial charge < -0.3 is 0 Å². The first-order valence-electron chi connectivity index (χ1n) is 4.63. The summed E-state index contributed by atoms with van der Waals surface area (Å²) >= 11 is 1.46. The van der Waals surface area contributed by atoms with Gasteiger partial charge >= 0.3 is 0 Å². The van der Waals surface area contributed by atoms with Crippen molar-refractivity contribution in [3.05, 3.63) is 35.5 Å². The second-order valence-electron chi connectivity index (χ2n) is 3.51. The van der Waals surface area contributed by atoms with E-state index < -0.39 is 0 Å². The Morgan fingerprint density at radius 3 is 2.86 bits per heavy atom. The first kappa shape index (κ1) is 9.34. The van der Waals surface area contributed by atoms with Gasteiger partial charge in [-0.3, -0.25) is 4.98 Å². The number of rotatable bonds is 2. The summed E-state index contributed by atoms with van der Waals surface area (Å²) in [5.74, 6) is 0.499. The second kappa shape index (κ2) is 3.88. The van der Waals surface area contributed by atoms with Crippen LogP contribution in [0, 0.1) is 0 Å². The van der Waals surface area contributed by atoms with Crippen molar-refractivity contribution < 1.29 is 0 Å². The van der Waals surface area contributed by atoms with Crippen LogP contribution in [0.25, 0.3) is 11.3 Å². The Hall–Kier alpha value is -1.22. The van der Waals surface area contributed by atoms with Gasteiger partial charge in [-0.1, -0.05) is 19.9 Å². The topological polar surface area (TPSA) is 25.8 Å². The fourth-order valence-corrected chi connectivity index (χ4v) is 1.97. The van der Waals surface area contributed by atoms with E-state index in [2.05, 4.69) is 29.3 Å². The molecule has 0 unspecified atom stereocenters. The summed E-state index contributed by atoms with van der Waals surface area (Å²) in [5, 5.41) is 2.04. The molecule has 0 aromatic carbocycles. The molecule has 2 heterocycles. The molecular formula is C11H12N2S. The summed E-state index contributed by atoms with van der Waals surface area (Å²) < 4.78 is 4.10. The summed E-state index contributed by atoms with van der Waals surface area (Å²) in [4.78, 5) is 4.41. The fourth-order valence-electron chi connectivity index (χ4n) is 1.45. The van der Waals surface area contributed by atoms with Gasteiger partial charge in [0.05, 0.1) is 11.9 Å². The average molecular weight is 204 g/mol. The van der Waals surface area contributed by atoms with Crippen LogP contribution in [0.15, 0.2) is 29.9 Å². The van der Waals surface area contributed by atoms with E-state index in [1.807, 2.05) is 23.8 Å². The molecule has 3 heteroatoms. The maximum absolute atomic E-state index is 4.41. The third kappa shape index (κ3) is 1.68.